The number of hydrogen-bond acceptors (Lipinski definition) is 9. The number of ketones is 2. The second-order valence-electron chi connectivity index (χ2n) is 11.0. The van der Waals surface area contributed by atoms with Crippen LogP contribution in [0, 0.1) is 17.7 Å². The summed E-state index contributed by atoms with van der Waals surface area (Å²) in [5, 5.41) is 44.3. The highest BCUT2D eigenvalue weighted by atomic mass is 19.4. The molecule has 3 aliphatic rings. The number of hydrogen-bond donors (Lipinski definition) is 5. The largest absolute Gasteiger partial charge is 0.510 e. The summed E-state index contributed by atoms with van der Waals surface area (Å²) in [5.41, 5.74) is -0.0540. The Kier molecular flexibility index (Phi) is 7.73. The number of primary amides is 1. The molecule has 0 spiro atoms. The number of fused-ring (bicyclic) bond motifs is 3. The Morgan fingerprint density at radius 1 is 1.20 bits per heavy atom. The van der Waals surface area contributed by atoms with Crippen LogP contribution in [0.15, 0.2) is 28.7 Å². The number of rotatable bonds is 7. The number of benzene rings is 1. The number of amides is 1. The van der Waals surface area contributed by atoms with E-state index in [2.05, 4.69) is 0 Å². The number of aliphatic hydroxyl groups is 3. The number of alkyl halides is 3. The lowest BCUT2D eigenvalue weighted by Gasteiger charge is -2.50. The van der Waals surface area contributed by atoms with Gasteiger partial charge in [0.2, 0.25) is 5.78 Å². The van der Waals surface area contributed by atoms with E-state index in [4.69, 9.17) is 5.73 Å². The predicted molar refractivity (Wildman–Crippen MR) is 135 cm³/mol. The van der Waals surface area contributed by atoms with Crippen molar-refractivity contribution in [1.82, 2.24) is 9.80 Å². The number of likely N-dealkylation sites (N-methyl/N-ethyl adjacent to an activating group) is 1. The maximum Gasteiger partial charge on any atom is 0.401 e. The van der Waals surface area contributed by atoms with Gasteiger partial charge in [-0.2, -0.15) is 13.2 Å². The standard InChI is InChI=1S/C27H31F4N3O7/c1-4-5-34(10-26(29,30)31)9-12-8-15(35)17-13(19(12)28)6-11-7-14-20(33(2)3)22(37)18(25(32)40)24(39)27(14,41)23(38)16(11)21(17)36/h8,11,14,20,35,37-38,41H,4-7,9-10H2,1-3H3,(H2,32,40)/t11-,14-,20-,27-/m0/s1. The van der Waals surface area contributed by atoms with Crippen LogP contribution >= 0.6 is 0 Å². The van der Waals surface area contributed by atoms with E-state index in [0.717, 1.165) is 11.0 Å². The average Bonchev–Trinajstić information content (AvgIpc) is 2.83. The first-order chi connectivity index (χ1) is 18.9. The summed E-state index contributed by atoms with van der Waals surface area (Å²) in [5.74, 6) is -9.72. The van der Waals surface area contributed by atoms with E-state index in [0.29, 0.717) is 6.42 Å². The first-order valence-electron chi connectivity index (χ1n) is 12.9. The molecule has 0 unspecified atom stereocenters. The SMILES string of the molecule is CCCN(Cc1cc(O)c2c(c1F)C[C@H]1C[C@H]3[C@H](N(C)C)C(O)=C(C(N)=O)C(=O)[C@@]3(O)C(O)=C1C2=O)CC(F)(F)F. The highest BCUT2D eigenvalue weighted by Gasteiger charge is 2.63. The molecular formula is C27H31F4N3O7. The van der Waals surface area contributed by atoms with Crippen molar-refractivity contribution in [1.29, 1.82) is 0 Å². The van der Waals surface area contributed by atoms with Crippen LogP contribution in [0.5, 0.6) is 5.75 Å². The fraction of sp³-hybridized carbons (Fsp3) is 0.519. The monoisotopic (exact) mass is 585 g/mol. The van der Waals surface area contributed by atoms with E-state index in [-0.39, 0.29) is 30.5 Å². The lowest BCUT2D eigenvalue weighted by molar-refractivity contribution is -0.148. The van der Waals surface area contributed by atoms with Crippen molar-refractivity contribution in [2.75, 3.05) is 27.2 Å². The van der Waals surface area contributed by atoms with Crippen molar-refractivity contribution in [2.24, 2.45) is 17.6 Å². The Bertz CT molecular complexity index is 1390. The highest BCUT2D eigenvalue weighted by Crippen LogP contribution is 2.52. The van der Waals surface area contributed by atoms with Crippen LogP contribution < -0.4 is 5.73 Å². The molecule has 4 rings (SSSR count). The minimum atomic E-state index is -4.55. The molecule has 0 bridgehead atoms. The van der Waals surface area contributed by atoms with Gasteiger partial charge in [0.1, 0.15) is 28.7 Å². The van der Waals surface area contributed by atoms with E-state index < -0.39 is 100 Å². The van der Waals surface area contributed by atoms with Gasteiger partial charge in [0.15, 0.2) is 11.4 Å². The molecule has 41 heavy (non-hydrogen) atoms. The zero-order valence-corrected chi connectivity index (χ0v) is 22.5. The van der Waals surface area contributed by atoms with Gasteiger partial charge in [-0.3, -0.25) is 24.2 Å². The first-order valence-corrected chi connectivity index (χ1v) is 12.9. The van der Waals surface area contributed by atoms with Gasteiger partial charge in [0, 0.05) is 29.2 Å². The van der Waals surface area contributed by atoms with E-state index in [1.54, 1.807) is 6.92 Å². The molecule has 0 saturated heterocycles. The molecule has 0 aromatic heterocycles. The third kappa shape index (κ3) is 4.87. The number of carbonyl (C=O) groups is 3. The number of nitrogens with two attached hydrogens (primary N) is 1. The Labute approximate surface area is 232 Å². The van der Waals surface area contributed by atoms with Crippen molar-refractivity contribution in [3.05, 3.63) is 51.2 Å². The van der Waals surface area contributed by atoms with E-state index >= 15 is 4.39 Å². The normalized spacial score (nSPS) is 26.4. The molecule has 0 fully saturated rings. The van der Waals surface area contributed by atoms with Crippen molar-refractivity contribution >= 4 is 17.5 Å². The highest BCUT2D eigenvalue weighted by molar-refractivity contribution is 6.24. The molecule has 10 nitrogen and oxygen atoms in total. The van der Waals surface area contributed by atoms with Gasteiger partial charge >= 0.3 is 6.18 Å². The minimum absolute atomic E-state index is 0.0103. The van der Waals surface area contributed by atoms with E-state index in [1.807, 2.05) is 0 Å². The molecule has 1 aromatic carbocycles. The van der Waals surface area contributed by atoms with Crippen molar-refractivity contribution in [3.8, 4) is 5.75 Å². The molecule has 0 heterocycles. The maximum atomic E-state index is 15.8. The maximum absolute atomic E-state index is 15.8. The predicted octanol–water partition coefficient (Wildman–Crippen LogP) is 2.03. The molecular weight excluding hydrogens is 554 g/mol. The van der Waals surface area contributed by atoms with Crippen LogP contribution in [0.2, 0.25) is 0 Å². The number of aromatic hydroxyl groups is 1. The van der Waals surface area contributed by atoms with Crippen molar-refractivity contribution in [3.63, 3.8) is 0 Å². The van der Waals surface area contributed by atoms with Crippen LogP contribution in [0.4, 0.5) is 17.6 Å². The molecule has 0 saturated carbocycles. The number of phenols is 1. The molecule has 14 heteroatoms. The summed E-state index contributed by atoms with van der Waals surface area (Å²) >= 11 is 0. The summed E-state index contributed by atoms with van der Waals surface area (Å²) < 4.78 is 55.1. The second kappa shape index (κ2) is 10.4. The lowest BCUT2D eigenvalue weighted by atomic mass is 9.58. The molecule has 0 aliphatic heterocycles. The van der Waals surface area contributed by atoms with Gasteiger partial charge in [0.25, 0.3) is 5.91 Å². The second-order valence-corrected chi connectivity index (χ2v) is 11.0. The third-order valence-corrected chi connectivity index (χ3v) is 8.07. The Balaban J connectivity index is 1.84. The molecule has 3 aliphatic carbocycles. The number of phenolic OH excluding ortho intramolecular Hbond substituents is 1. The number of Topliss-reactive ketones (excluding diaryl/α,β-unsaturated/α-hetero) is 2. The number of allylic oxidation sites excluding steroid dienone is 1. The fourth-order valence-electron chi connectivity index (χ4n) is 6.49. The van der Waals surface area contributed by atoms with Crippen LogP contribution in [0.3, 0.4) is 0 Å². The summed E-state index contributed by atoms with van der Waals surface area (Å²) in [4.78, 5) is 41.2. The molecule has 1 aromatic rings. The quantitative estimate of drug-likeness (QED) is 0.238. The molecule has 224 valence electrons. The molecule has 0 radical (unpaired) electrons. The molecule has 1 amide bonds. The van der Waals surface area contributed by atoms with Gasteiger partial charge in [-0.05, 0) is 51.9 Å². The zero-order valence-electron chi connectivity index (χ0n) is 22.5. The van der Waals surface area contributed by atoms with Gasteiger partial charge in [-0.15, -0.1) is 0 Å². The summed E-state index contributed by atoms with van der Waals surface area (Å²) in [6.45, 7) is -0.167. The smallest absolute Gasteiger partial charge is 0.401 e. The Morgan fingerprint density at radius 2 is 1.83 bits per heavy atom. The number of aliphatic hydroxyl groups excluding tert-OH is 2. The van der Waals surface area contributed by atoms with Gasteiger partial charge in [0.05, 0.1) is 18.2 Å². The van der Waals surface area contributed by atoms with Crippen LogP contribution in [0.1, 0.15) is 41.3 Å². The van der Waals surface area contributed by atoms with E-state index in [9.17, 15) is 48.0 Å². The van der Waals surface area contributed by atoms with Crippen LogP contribution in [0.25, 0.3) is 0 Å². The van der Waals surface area contributed by atoms with Gasteiger partial charge in [-0.25, -0.2) is 4.39 Å². The third-order valence-electron chi connectivity index (χ3n) is 8.07. The van der Waals surface area contributed by atoms with Crippen molar-refractivity contribution in [2.45, 2.75) is 50.6 Å². The average molecular weight is 586 g/mol. The lowest BCUT2D eigenvalue weighted by Crippen LogP contribution is -2.63. The Hall–Kier alpha value is -3.49. The fourth-order valence-corrected chi connectivity index (χ4v) is 6.49. The first kappa shape index (κ1) is 30.5. The van der Waals surface area contributed by atoms with Gasteiger partial charge < -0.3 is 26.2 Å². The van der Waals surface area contributed by atoms with Crippen LogP contribution in [-0.4, -0.2) is 92.7 Å². The van der Waals surface area contributed by atoms with E-state index in [1.165, 1.54) is 19.0 Å². The Morgan fingerprint density at radius 3 is 2.37 bits per heavy atom. The summed E-state index contributed by atoms with van der Waals surface area (Å²) in [6, 6.07) is -0.363. The minimum Gasteiger partial charge on any atom is -0.510 e. The molecule has 4 atom stereocenters. The van der Waals surface area contributed by atoms with Gasteiger partial charge in [-0.1, -0.05) is 6.92 Å². The number of halogens is 4. The topological polar surface area (TPSA) is 165 Å². The molecule has 6 N–H and O–H groups in total. The summed E-state index contributed by atoms with van der Waals surface area (Å²) in [6.07, 6.45) is -4.76. The summed E-state index contributed by atoms with van der Waals surface area (Å²) in [7, 11) is 2.95. The number of nitrogens with zero attached hydrogens (tertiary/aromatic N) is 2. The van der Waals surface area contributed by atoms with Crippen molar-refractivity contribution < 1.29 is 52.4 Å². The van der Waals surface area contributed by atoms with Crippen LogP contribution in [-0.2, 0) is 22.6 Å². The zero-order chi connectivity index (χ0) is 30.8. The number of carbonyl (C=O) groups excluding carboxylic acids is 3.